The summed E-state index contributed by atoms with van der Waals surface area (Å²) in [5.74, 6) is -1.47. The lowest BCUT2D eigenvalue weighted by atomic mass is 9.98. The van der Waals surface area contributed by atoms with Crippen molar-refractivity contribution in [3.05, 3.63) is 59.7 Å². The highest BCUT2D eigenvalue weighted by atomic mass is 19.1. The smallest absolute Gasteiger partial charge is 0.309 e. The topological polar surface area (TPSA) is 26.3 Å². The second kappa shape index (κ2) is 5.28. The molecule has 0 bridgehead atoms. The van der Waals surface area contributed by atoms with Crippen molar-refractivity contribution >= 4 is 5.97 Å². The van der Waals surface area contributed by atoms with Gasteiger partial charge in [-0.2, -0.15) is 0 Å². The third kappa shape index (κ3) is 2.66. The predicted octanol–water partition coefficient (Wildman–Crippen LogP) is 4.26. The molecule has 0 amide bonds. The maximum atomic E-state index is 13.7. The second-order valence-corrected chi connectivity index (χ2v) is 5.31. The second-order valence-electron chi connectivity index (χ2n) is 5.31. The van der Waals surface area contributed by atoms with E-state index < -0.39 is 11.6 Å². The number of hydrogen-bond acceptors (Lipinski definition) is 2. The van der Waals surface area contributed by atoms with Crippen molar-refractivity contribution in [2.45, 2.75) is 19.4 Å². The van der Waals surface area contributed by atoms with E-state index in [-0.39, 0.29) is 18.0 Å². The minimum Gasteiger partial charge on any atom is -0.457 e. The Balaban J connectivity index is 1.86. The summed E-state index contributed by atoms with van der Waals surface area (Å²) in [6, 6.07) is 10.6. The maximum absolute atomic E-state index is 13.7. The summed E-state index contributed by atoms with van der Waals surface area (Å²) in [5.41, 5.74) is 1.90. The van der Waals surface area contributed by atoms with Crippen LogP contribution in [0.4, 0.5) is 8.78 Å². The lowest BCUT2D eigenvalue weighted by Gasteiger charge is -2.10. The number of cyclic esters (lactones) is 1. The van der Waals surface area contributed by atoms with Gasteiger partial charge in [-0.15, -0.1) is 0 Å². The van der Waals surface area contributed by atoms with E-state index in [2.05, 4.69) is 0 Å². The molecular weight excluding hydrogens is 274 g/mol. The Bertz CT molecular complexity index is 680. The summed E-state index contributed by atoms with van der Waals surface area (Å²) >= 11 is 0. The third-order valence-corrected chi connectivity index (χ3v) is 3.75. The SMILES string of the molecule is C[C@H]1C[C@H](c2ccc(-c3ccc(F)cc3F)cc2)OC1=O. The molecule has 1 aliphatic rings. The Labute approximate surface area is 121 Å². The first kappa shape index (κ1) is 13.7. The lowest BCUT2D eigenvalue weighted by molar-refractivity contribution is -0.144. The summed E-state index contributed by atoms with van der Waals surface area (Å²) in [6.45, 7) is 1.84. The highest BCUT2D eigenvalue weighted by molar-refractivity contribution is 5.74. The molecule has 0 radical (unpaired) electrons. The third-order valence-electron chi connectivity index (χ3n) is 3.75. The summed E-state index contributed by atoms with van der Waals surface area (Å²) in [7, 11) is 0. The Morgan fingerprint density at radius 1 is 1.10 bits per heavy atom. The number of hydrogen-bond donors (Lipinski definition) is 0. The van der Waals surface area contributed by atoms with E-state index in [9.17, 15) is 13.6 Å². The normalized spacial score (nSPS) is 21.4. The van der Waals surface area contributed by atoms with E-state index in [4.69, 9.17) is 4.74 Å². The molecule has 0 aromatic heterocycles. The van der Waals surface area contributed by atoms with Gasteiger partial charge in [0.05, 0.1) is 5.92 Å². The zero-order valence-corrected chi connectivity index (χ0v) is 11.5. The summed E-state index contributed by atoms with van der Waals surface area (Å²) in [5, 5.41) is 0. The van der Waals surface area contributed by atoms with Crippen LogP contribution >= 0.6 is 0 Å². The first-order chi connectivity index (χ1) is 10.0. The van der Waals surface area contributed by atoms with Crippen LogP contribution in [0.25, 0.3) is 11.1 Å². The van der Waals surface area contributed by atoms with Gasteiger partial charge in [0.15, 0.2) is 0 Å². The van der Waals surface area contributed by atoms with Crippen LogP contribution in [-0.2, 0) is 9.53 Å². The fourth-order valence-electron chi connectivity index (χ4n) is 2.53. The quantitative estimate of drug-likeness (QED) is 0.772. The van der Waals surface area contributed by atoms with Crippen LogP contribution in [0.15, 0.2) is 42.5 Å². The molecule has 2 nitrogen and oxygen atoms in total. The van der Waals surface area contributed by atoms with Crippen molar-refractivity contribution < 1.29 is 18.3 Å². The van der Waals surface area contributed by atoms with E-state index in [1.807, 2.05) is 19.1 Å². The Morgan fingerprint density at radius 3 is 2.38 bits per heavy atom. The van der Waals surface area contributed by atoms with Gasteiger partial charge in [-0.1, -0.05) is 31.2 Å². The number of carbonyl (C=O) groups is 1. The predicted molar refractivity (Wildman–Crippen MR) is 74.4 cm³/mol. The van der Waals surface area contributed by atoms with E-state index in [1.54, 1.807) is 12.1 Å². The Morgan fingerprint density at radius 2 is 1.81 bits per heavy atom. The fourth-order valence-corrected chi connectivity index (χ4v) is 2.53. The summed E-state index contributed by atoms with van der Waals surface area (Å²) < 4.78 is 31.9. The van der Waals surface area contributed by atoms with Crippen molar-refractivity contribution in [1.82, 2.24) is 0 Å². The van der Waals surface area contributed by atoms with E-state index in [0.717, 1.165) is 11.6 Å². The fraction of sp³-hybridized carbons (Fsp3) is 0.235. The minimum atomic E-state index is -0.597. The van der Waals surface area contributed by atoms with Crippen LogP contribution in [0.2, 0.25) is 0 Å². The van der Waals surface area contributed by atoms with E-state index in [1.165, 1.54) is 12.1 Å². The molecule has 0 aliphatic carbocycles. The molecule has 4 heteroatoms. The largest absolute Gasteiger partial charge is 0.457 e. The van der Waals surface area contributed by atoms with Crippen LogP contribution in [0.5, 0.6) is 0 Å². The molecule has 0 N–H and O–H groups in total. The summed E-state index contributed by atoms with van der Waals surface area (Å²) in [6.07, 6.45) is 0.419. The van der Waals surface area contributed by atoms with Gasteiger partial charge in [0, 0.05) is 18.1 Å². The van der Waals surface area contributed by atoms with Gasteiger partial charge in [-0.05, 0) is 23.3 Å². The van der Waals surface area contributed by atoms with Gasteiger partial charge in [0.2, 0.25) is 0 Å². The molecule has 1 aliphatic heterocycles. The van der Waals surface area contributed by atoms with Gasteiger partial charge in [0.1, 0.15) is 17.7 Å². The standard InChI is InChI=1S/C17H14F2O2/c1-10-8-16(21-17(10)20)12-4-2-11(3-5-12)14-7-6-13(18)9-15(14)19/h2-7,9-10,16H,8H2,1H3/t10-,16+/m0/s1. The highest BCUT2D eigenvalue weighted by Gasteiger charge is 2.31. The van der Waals surface area contributed by atoms with Crippen molar-refractivity contribution in [3.63, 3.8) is 0 Å². The van der Waals surface area contributed by atoms with Crippen molar-refractivity contribution in [3.8, 4) is 11.1 Å². The molecule has 2 atom stereocenters. The Hall–Kier alpha value is -2.23. The molecule has 3 rings (SSSR count). The van der Waals surface area contributed by atoms with Crippen molar-refractivity contribution in [2.24, 2.45) is 5.92 Å². The number of ether oxygens (including phenoxy) is 1. The number of carbonyl (C=O) groups excluding carboxylic acids is 1. The van der Waals surface area contributed by atoms with Gasteiger partial charge >= 0.3 is 5.97 Å². The molecule has 2 aromatic carbocycles. The number of benzene rings is 2. The van der Waals surface area contributed by atoms with Gasteiger partial charge in [0.25, 0.3) is 0 Å². The van der Waals surface area contributed by atoms with Crippen LogP contribution in [0.3, 0.4) is 0 Å². The molecule has 1 fully saturated rings. The van der Waals surface area contributed by atoms with Crippen molar-refractivity contribution in [2.75, 3.05) is 0 Å². The van der Waals surface area contributed by atoms with Crippen LogP contribution in [0.1, 0.15) is 25.0 Å². The Kier molecular flexibility index (Phi) is 3.45. The zero-order valence-electron chi connectivity index (χ0n) is 11.5. The zero-order chi connectivity index (χ0) is 15.0. The van der Waals surface area contributed by atoms with Crippen molar-refractivity contribution in [1.29, 1.82) is 0 Å². The number of rotatable bonds is 2. The van der Waals surface area contributed by atoms with Gasteiger partial charge in [-0.3, -0.25) is 4.79 Å². The van der Waals surface area contributed by atoms with Crippen LogP contribution < -0.4 is 0 Å². The van der Waals surface area contributed by atoms with Crippen LogP contribution in [-0.4, -0.2) is 5.97 Å². The lowest BCUT2D eigenvalue weighted by Crippen LogP contribution is -2.01. The average molecular weight is 288 g/mol. The van der Waals surface area contributed by atoms with Crippen LogP contribution in [0, 0.1) is 17.6 Å². The monoisotopic (exact) mass is 288 g/mol. The number of halogens is 2. The first-order valence-electron chi connectivity index (χ1n) is 6.80. The van der Waals surface area contributed by atoms with E-state index >= 15 is 0 Å². The molecule has 0 unspecified atom stereocenters. The molecule has 108 valence electrons. The molecule has 1 saturated heterocycles. The maximum Gasteiger partial charge on any atom is 0.309 e. The average Bonchev–Trinajstić information content (AvgIpc) is 2.79. The molecule has 2 aromatic rings. The molecular formula is C17H14F2O2. The highest BCUT2D eigenvalue weighted by Crippen LogP contribution is 2.34. The number of esters is 1. The molecule has 0 saturated carbocycles. The van der Waals surface area contributed by atoms with E-state index in [0.29, 0.717) is 17.5 Å². The molecule has 1 heterocycles. The summed E-state index contributed by atoms with van der Waals surface area (Å²) in [4.78, 5) is 11.4. The van der Waals surface area contributed by atoms with Gasteiger partial charge < -0.3 is 4.74 Å². The first-order valence-corrected chi connectivity index (χ1v) is 6.80. The molecule has 0 spiro atoms. The van der Waals surface area contributed by atoms with Gasteiger partial charge in [-0.25, -0.2) is 8.78 Å². The minimum absolute atomic E-state index is 0.0933. The molecule has 21 heavy (non-hydrogen) atoms.